The van der Waals surface area contributed by atoms with Crippen molar-refractivity contribution in [2.45, 2.75) is 6.92 Å². The average molecular weight is 279 g/mol. The number of aryl methyl sites for hydroxylation is 1. The zero-order valence-corrected chi connectivity index (χ0v) is 8.54. The molecule has 0 saturated carbocycles. The average Bonchev–Trinajstić information content (AvgIpc) is 1.93. The van der Waals surface area contributed by atoms with Crippen LogP contribution < -0.4 is 4.18 Å². The quantitative estimate of drug-likeness (QED) is 0.603. The molecule has 5 heteroatoms. The first-order valence-corrected chi connectivity index (χ1v) is 4.03. The van der Waals surface area contributed by atoms with Gasteiger partial charge in [0.25, 0.3) is 0 Å². The van der Waals surface area contributed by atoms with Crippen molar-refractivity contribution < 1.29 is 35.3 Å². The second kappa shape index (κ2) is 5.50. The molecule has 1 radical (unpaired) electrons. The summed E-state index contributed by atoms with van der Waals surface area (Å²) in [5.74, 6) is 0.337. The molecule has 0 aromatic heterocycles. The van der Waals surface area contributed by atoms with Crippen LogP contribution in [-0.4, -0.2) is 8.76 Å². The molecule has 0 fully saturated rings. The molecule has 0 bridgehead atoms. The third-order valence-corrected chi connectivity index (χ3v) is 1.51. The summed E-state index contributed by atoms with van der Waals surface area (Å²) >= 11 is -2.47. The monoisotopic (exact) mass is 278 g/mol. The van der Waals surface area contributed by atoms with E-state index >= 15 is 0 Å². The molecule has 0 amide bonds. The molecule has 1 aromatic rings. The van der Waals surface area contributed by atoms with Gasteiger partial charge in [0.05, 0.1) is 0 Å². The molecule has 3 nitrogen and oxygen atoms in total. The van der Waals surface area contributed by atoms with Gasteiger partial charge in [-0.3, -0.25) is 0 Å². The smallest absolute Gasteiger partial charge is 0.139 e. The Labute approximate surface area is 89.1 Å². The van der Waals surface area contributed by atoms with Gasteiger partial charge in [-0.2, -0.15) is 0 Å². The van der Waals surface area contributed by atoms with Crippen molar-refractivity contribution >= 4 is 11.4 Å². The van der Waals surface area contributed by atoms with Crippen molar-refractivity contribution in [1.29, 1.82) is 0 Å². The number of benzene rings is 1. The fraction of sp³-hybridized carbons (Fsp3) is 0.143. The SMILES string of the molecule is Cc1ccc(OS(=O)[O-])cc1.[Ag]. The minimum absolute atomic E-state index is 0. The van der Waals surface area contributed by atoms with Crippen molar-refractivity contribution in [3.05, 3.63) is 29.8 Å². The van der Waals surface area contributed by atoms with Crippen molar-refractivity contribution in [3.8, 4) is 5.75 Å². The second-order valence-corrected chi connectivity index (χ2v) is 2.68. The molecular weight excluding hydrogens is 272 g/mol. The first-order valence-electron chi connectivity index (χ1n) is 3.03. The normalized spacial score (nSPS) is 11.5. The maximum Gasteiger partial charge on any atom is 0.139 e. The summed E-state index contributed by atoms with van der Waals surface area (Å²) in [5.41, 5.74) is 1.06. The van der Waals surface area contributed by atoms with E-state index in [1.54, 1.807) is 24.3 Å². The Morgan fingerprint density at radius 1 is 1.33 bits per heavy atom. The fourth-order valence-corrected chi connectivity index (χ4v) is 0.941. The standard InChI is InChI=1S/C7H8O3S.Ag/c1-6-2-4-7(5-3-6)10-11(8)9;/h2-5H,1H3,(H,8,9);/p-1. The van der Waals surface area contributed by atoms with Gasteiger partial charge in [-0.05, 0) is 19.1 Å². The topological polar surface area (TPSA) is 49.4 Å². The van der Waals surface area contributed by atoms with E-state index in [-0.39, 0.29) is 22.4 Å². The third kappa shape index (κ3) is 4.04. The van der Waals surface area contributed by atoms with Gasteiger partial charge in [0, 0.05) is 22.4 Å². The van der Waals surface area contributed by atoms with Crippen LogP contribution >= 0.6 is 0 Å². The third-order valence-electron chi connectivity index (χ3n) is 1.19. The van der Waals surface area contributed by atoms with Crippen LogP contribution in [-0.2, 0) is 33.7 Å². The minimum atomic E-state index is -2.47. The van der Waals surface area contributed by atoms with Gasteiger partial charge in [0.15, 0.2) is 0 Å². The molecule has 0 aliphatic rings. The Morgan fingerprint density at radius 3 is 2.25 bits per heavy atom. The Hall–Kier alpha value is -0.130. The predicted molar refractivity (Wildman–Crippen MR) is 40.7 cm³/mol. The number of rotatable bonds is 2. The predicted octanol–water partition coefficient (Wildman–Crippen LogP) is 1.17. The van der Waals surface area contributed by atoms with Crippen LogP contribution in [0.25, 0.3) is 0 Å². The zero-order valence-electron chi connectivity index (χ0n) is 6.24. The van der Waals surface area contributed by atoms with Gasteiger partial charge >= 0.3 is 0 Å². The van der Waals surface area contributed by atoms with Gasteiger partial charge in [-0.1, -0.05) is 17.7 Å². The fourth-order valence-electron chi connectivity index (χ4n) is 0.672. The van der Waals surface area contributed by atoms with E-state index in [1.165, 1.54) is 0 Å². The summed E-state index contributed by atoms with van der Waals surface area (Å²) < 4.78 is 24.4. The largest absolute Gasteiger partial charge is 0.740 e. The van der Waals surface area contributed by atoms with E-state index in [1.807, 2.05) is 6.92 Å². The van der Waals surface area contributed by atoms with Crippen molar-refractivity contribution in [1.82, 2.24) is 0 Å². The second-order valence-electron chi connectivity index (χ2n) is 2.10. The van der Waals surface area contributed by atoms with E-state index in [4.69, 9.17) is 0 Å². The van der Waals surface area contributed by atoms with Crippen LogP contribution in [0.3, 0.4) is 0 Å². The molecule has 1 aromatic carbocycles. The summed E-state index contributed by atoms with van der Waals surface area (Å²) in [4.78, 5) is 0. The molecule has 1 unspecified atom stereocenters. The minimum Gasteiger partial charge on any atom is -0.740 e. The van der Waals surface area contributed by atoms with Gasteiger partial charge in [-0.25, -0.2) is 4.21 Å². The molecule has 1 rings (SSSR count). The van der Waals surface area contributed by atoms with Crippen LogP contribution in [0.5, 0.6) is 5.75 Å². The van der Waals surface area contributed by atoms with Crippen LogP contribution in [0.4, 0.5) is 0 Å². The maximum atomic E-state index is 10.0. The molecule has 12 heavy (non-hydrogen) atoms. The first kappa shape index (κ1) is 11.9. The summed E-state index contributed by atoms with van der Waals surface area (Å²) in [7, 11) is 0. The van der Waals surface area contributed by atoms with E-state index in [0.29, 0.717) is 5.75 Å². The Kier molecular flexibility index (Phi) is 5.45. The Bertz CT molecular complexity index is 260. The number of hydrogen-bond acceptors (Lipinski definition) is 3. The molecular formula is C7H7AgO3S-. The molecule has 0 aliphatic heterocycles. The Balaban J connectivity index is 0.00000121. The van der Waals surface area contributed by atoms with E-state index in [0.717, 1.165) is 5.56 Å². The number of hydrogen-bond donors (Lipinski definition) is 0. The zero-order chi connectivity index (χ0) is 8.27. The summed E-state index contributed by atoms with van der Waals surface area (Å²) in [6, 6.07) is 6.76. The molecule has 0 saturated heterocycles. The summed E-state index contributed by atoms with van der Waals surface area (Å²) in [6.45, 7) is 1.91. The van der Waals surface area contributed by atoms with Crippen LogP contribution in [0.15, 0.2) is 24.3 Å². The Morgan fingerprint density at radius 2 is 1.83 bits per heavy atom. The van der Waals surface area contributed by atoms with Crippen LogP contribution in [0, 0.1) is 6.92 Å². The summed E-state index contributed by atoms with van der Waals surface area (Å²) in [5, 5.41) is 0. The van der Waals surface area contributed by atoms with Crippen LogP contribution in [0.1, 0.15) is 5.56 Å². The van der Waals surface area contributed by atoms with Crippen molar-refractivity contribution in [2.24, 2.45) is 0 Å². The molecule has 0 aliphatic carbocycles. The molecule has 0 N–H and O–H groups in total. The van der Waals surface area contributed by atoms with Gasteiger partial charge in [-0.15, -0.1) is 0 Å². The van der Waals surface area contributed by atoms with Crippen molar-refractivity contribution in [2.75, 3.05) is 0 Å². The van der Waals surface area contributed by atoms with Crippen LogP contribution in [0.2, 0.25) is 0 Å². The van der Waals surface area contributed by atoms with Crippen molar-refractivity contribution in [3.63, 3.8) is 0 Å². The van der Waals surface area contributed by atoms with Gasteiger partial charge < -0.3 is 8.74 Å². The molecule has 1 atom stereocenters. The van der Waals surface area contributed by atoms with E-state index in [9.17, 15) is 8.76 Å². The van der Waals surface area contributed by atoms with E-state index in [2.05, 4.69) is 4.18 Å². The van der Waals surface area contributed by atoms with Gasteiger partial charge in [0.1, 0.15) is 17.1 Å². The molecule has 0 heterocycles. The molecule has 71 valence electrons. The van der Waals surface area contributed by atoms with Gasteiger partial charge in [0.2, 0.25) is 0 Å². The molecule has 0 spiro atoms. The van der Waals surface area contributed by atoms with E-state index < -0.39 is 11.4 Å². The maximum absolute atomic E-state index is 10.0. The first-order chi connectivity index (χ1) is 5.18. The summed E-state index contributed by atoms with van der Waals surface area (Å²) in [6.07, 6.45) is 0.